The number of hydrogen-bond acceptors (Lipinski definition) is 7. The van der Waals surface area contributed by atoms with E-state index in [1.807, 2.05) is 6.07 Å². The number of aryl methyl sites for hydroxylation is 1. The van der Waals surface area contributed by atoms with E-state index in [9.17, 15) is 5.11 Å². The average molecular weight is 546 g/mol. The Kier molecular flexibility index (Phi) is 7.62. The number of aliphatic hydroxyl groups is 1. The molecule has 0 spiro atoms. The molecule has 42 heavy (non-hydrogen) atoms. The van der Waals surface area contributed by atoms with E-state index in [0.29, 0.717) is 35.3 Å². The lowest BCUT2D eigenvalue weighted by molar-refractivity contribution is 0.116. The number of nitrogens with zero attached hydrogens (tertiary/aromatic N) is 6. The fourth-order valence-electron chi connectivity index (χ4n) is 6.66. The van der Waals surface area contributed by atoms with Crippen LogP contribution in [0.15, 0.2) is 6.07 Å². The topological polar surface area (TPSA) is 115 Å². The molecule has 0 radical (unpaired) electrons. The van der Waals surface area contributed by atoms with Crippen LogP contribution in [0.2, 0.25) is 0 Å². The quantitative estimate of drug-likeness (QED) is 0.204. The van der Waals surface area contributed by atoms with Gasteiger partial charge in [0, 0.05) is 6.54 Å². The third kappa shape index (κ3) is 4.14. The maximum absolute atomic E-state index is 13.6. The van der Waals surface area contributed by atoms with Crippen molar-refractivity contribution < 1.29 is 9.84 Å². The molecule has 0 unspecified atom stereocenters. The standard InChI is InChI=1S/C23H31B10N7O2/c1-3-40-6-4-5(19-36-38-39-37-19)21(42-2)34-20(6)35-22(40)23(41,7-9(24)13(28)17(32)14(29)10(7)25)8-11(26)15(30)18(33)16(31)12(8)27/h4,41H,3,24-33H2,1-2H3,(H,36,37,38,39). The number of nitrogens with one attached hydrogen (secondary N) is 1. The lowest BCUT2D eigenvalue weighted by atomic mass is 9.54. The molecule has 0 bridgehead atoms. The molecule has 0 aliphatic rings. The average Bonchev–Trinajstić information content (AvgIpc) is 3.64. The van der Waals surface area contributed by atoms with Crippen molar-refractivity contribution in [2.45, 2.75) is 19.1 Å². The van der Waals surface area contributed by atoms with Crippen molar-refractivity contribution in [1.82, 2.24) is 35.2 Å². The van der Waals surface area contributed by atoms with Gasteiger partial charge in [-0.05, 0) is 34.5 Å². The van der Waals surface area contributed by atoms with Gasteiger partial charge in [0.2, 0.25) is 5.88 Å². The maximum atomic E-state index is 13.6. The lowest BCUT2D eigenvalue weighted by Crippen LogP contribution is -2.64. The molecule has 9 nitrogen and oxygen atoms in total. The first kappa shape index (κ1) is 30.0. The van der Waals surface area contributed by atoms with Gasteiger partial charge in [-0.2, -0.15) is 4.98 Å². The van der Waals surface area contributed by atoms with E-state index >= 15 is 0 Å². The Labute approximate surface area is 255 Å². The number of pyridine rings is 1. The van der Waals surface area contributed by atoms with Crippen LogP contribution in [0.3, 0.4) is 0 Å². The first-order valence-electron chi connectivity index (χ1n) is 14.4. The summed E-state index contributed by atoms with van der Waals surface area (Å²) in [6.45, 7) is 2.61. The summed E-state index contributed by atoms with van der Waals surface area (Å²) >= 11 is 0. The van der Waals surface area contributed by atoms with Gasteiger partial charge in [0.25, 0.3) is 0 Å². The van der Waals surface area contributed by atoms with Gasteiger partial charge >= 0.3 is 0 Å². The maximum Gasteiger partial charge on any atom is 0.226 e. The minimum atomic E-state index is -1.58. The van der Waals surface area contributed by atoms with Crippen LogP contribution in [0.4, 0.5) is 0 Å². The number of aromatic amines is 1. The van der Waals surface area contributed by atoms with Crippen LogP contribution in [0.5, 0.6) is 5.88 Å². The van der Waals surface area contributed by atoms with Crippen molar-refractivity contribution in [3.63, 3.8) is 0 Å². The zero-order valence-corrected chi connectivity index (χ0v) is 26.8. The number of rotatable bonds is 6. The van der Waals surface area contributed by atoms with E-state index in [2.05, 4.69) is 111 Å². The summed E-state index contributed by atoms with van der Waals surface area (Å²) in [5, 5.41) is 28.0. The number of fused-ring (bicyclic) bond motifs is 1. The molecule has 2 N–H and O–H groups in total. The summed E-state index contributed by atoms with van der Waals surface area (Å²) in [5.41, 5.74) is 13.4. The van der Waals surface area contributed by atoms with Gasteiger partial charge in [-0.15, -0.1) is 37.9 Å². The summed E-state index contributed by atoms with van der Waals surface area (Å²) in [7, 11) is 22.9. The van der Waals surface area contributed by atoms with Crippen molar-refractivity contribution in [2.75, 3.05) is 7.11 Å². The molecule has 0 aliphatic heterocycles. The molecule has 0 saturated heterocycles. The number of methoxy groups -OCH3 is 1. The SMILES string of the molecule is Bc1c(B)c(B)c(C(O)(c2c(B)c(B)c(B)c(B)c2B)c2nc3nc(OC)c(-c4nnn[nH]4)cc3n2CC)c(B)c1B. The van der Waals surface area contributed by atoms with E-state index in [0.717, 1.165) is 38.5 Å². The smallest absolute Gasteiger partial charge is 0.226 e. The van der Waals surface area contributed by atoms with E-state index in [1.54, 1.807) is 7.11 Å². The highest BCUT2D eigenvalue weighted by Crippen LogP contribution is 2.36. The summed E-state index contributed by atoms with van der Waals surface area (Å²) < 4.78 is 7.70. The molecular formula is C23H31B10N7O2. The minimum absolute atomic E-state index is 0.348. The van der Waals surface area contributed by atoms with Crippen LogP contribution >= 0.6 is 0 Å². The highest BCUT2D eigenvalue weighted by Gasteiger charge is 2.44. The normalized spacial score (nSPS) is 11.8. The summed E-state index contributed by atoms with van der Waals surface area (Å²) in [5.74, 6) is 1.31. The summed E-state index contributed by atoms with van der Waals surface area (Å²) in [6, 6.07) is 1.93. The minimum Gasteiger partial charge on any atom is -0.480 e. The molecule has 0 aliphatic carbocycles. The number of H-pyrrole nitrogens is 1. The number of ether oxygens (including phenoxy) is 1. The first-order valence-corrected chi connectivity index (χ1v) is 14.4. The largest absolute Gasteiger partial charge is 0.480 e. The molecule has 5 rings (SSSR count). The van der Waals surface area contributed by atoms with Crippen LogP contribution < -0.4 is 59.4 Å². The molecule has 0 saturated carbocycles. The number of imidazole rings is 1. The number of tetrazole rings is 1. The Morgan fingerprint density at radius 2 is 1.26 bits per heavy atom. The van der Waals surface area contributed by atoms with Crippen molar-refractivity contribution >= 4 is 144 Å². The third-order valence-corrected chi connectivity index (χ3v) is 9.86. The molecule has 5 aromatic rings. The number of benzene rings is 2. The van der Waals surface area contributed by atoms with Crippen LogP contribution in [0.25, 0.3) is 22.6 Å². The Hall–Kier alpha value is -3.46. The van der Waals surface area contributed by atoms with Gasteiger partial charge in [-0.3, -0.25) is 0 Å². The first-order chi connectivity index (χ1) is 19.8. The van der Waals surface area contributed by atoms with Crippen LogP contribution in [-0.4, -0.2) is 126 Å². The zero-order valence-electron chi connectivity index (χ0n) is 26.8. The summed E-state index contributed by atoms with van der Waals surface area (Å²) in [6.07, 6.45) is 0. The monoisotopic (exact) mass is 547 g/mol. The van der Waals surface area contributed by atoms with Crippen LogP contribution in [0.1, 0.15) is 23.9 Å². The molecule has 2 aromatic carbocycles. The second kappa shape index (κ2) is 10.7. The second-order valence-corrected chi connectivity index (χ2v) is 11.5. The van der Waals surface area contributed by atoms with Gasteiger partial charge < -0.3 is 14.4 Å². The molecule has 0 atom stereocenters. The van der Waals surface area contributed by atoms with Gasteiger partial charge in [0.15, 0.2) is 22.9 Å². The number of aromatic nitrogens is 7. The van der Waals surface area contributed by atoms with Gasteiger partial charge in [-0.25, -0.2) is 10.1 Å². The molecule has 0 amide bonds. The fraction of sp³-hybridized carbons (Fsp3) is 0.174. The van der Waals surface area contributed by atoms with Crippen LogP contribution in [-0.2, 0) is 12.1 Å². The Balaban J connectivity index is 2.01. The van der Waals surface area contributed by atoms with Gasteiger partial charge in [0.05, 0.1) is 18.2 Å². The van der Waals surface area contributed by atoms with Crippen molar-refractivity contribution in [3.8, 4) is 17.3 Å². The molecule has 3 aromatic heterocycles. The lowest BCUT2D eigenvalue weighted by Gasteiger charge is -2.38. The van der Waals surface area contributed by atoms with Crippen molar-refractivity contribution in [3.05, 3.63) is 23.0 Å². The third-order valence-electron chi connectivity index (χ3n) is 9.86. The van der Waals surface area contributed by atoms with Crippen molar-refractivity contribution in [2.24, 2.45) is 0 Å². The molecule has 200 valence electrons. The molecule has 3 heterocycles. The molecule has 19 heteroatoms. The van der Waals surface area contributed by atoms with E-state index in [1.165, 1.54) is 32.8 Å². The predicted octanol–water partition coefficient (Wildman–Crippen LogP) is -14.5. The van der Waals surface area contributed by atoms with Crippen molar-refractivity contribution in [1.29, 1.82) is 0 Å². The fourth-order valence-corrected chi connectivity index (χ4v) is 6.66. The molecular weight excluding hydrogens is 514 g/mol. The Bertz CT molecular complexity index is 1770. The highest BCUT2D eigenvalue weighted by atomic mass is 16.5. The van der Waals surface area contributed by atoms with E-state index in [4.69, 9.17) is 14.7 Å². The van der Waals surface area contributed by atoms with Gasteiger partial charge in [0.1, 0.15) is 78.5 Å². The zero-order chi connectivity index (χ0) is 30.8. The molecule has 0 fully saturated rings. The van der Waals surface area contributed by atoms with E-state index < -0.39 is 5.60 Å². The van der Waals surface area contributed by atoms with Gasteiger partial charge in [-0.1, -0.05) is 21.9 Å². The summed E-state index contributed by atoms with van der Waals surface area (Å²) in [4.78, 5) is 9.91. The predicted molar refractivity (Wildman–Crippen MR) is 200 cm³/mol. The Morgan fingerprint density at radius 3 is 1.67 bits per heavy atom. The second-order valence-electron chi connectivity index (χ2n) is 11.5. The van der Waals surface area contributed by atoms with E-state index in [-0.39, 0.29) is 0 Å². The van der Waals surface area contributed by atoms with Crippen LogP contribution in [0, 0.1) is 0 Å². The number of hydrogen-bond donors (Lipinski definition) is 2. The highest BCUT2D eigenvalue weighted by molar-refractivity contribution is 6.69. The Morgan fingerprint density at radius 1 is 0.786 bits per heavy atom.